The number of amides is 3. The van der Waals surface area contributed by atoms with Gasteiger partial charge >= 0.3 is 12.0 Å². The number of carbonyl (C=O) groups excluding carboxylic acids is 3. The number of methoxy groups -OCH3 is 1. The average molecular weight is 609 g/mol. The maximum absolute atomic E-state index is 13.9. The second-order valence-corrected chi connectivity index (χ2v) is 12.7. The van der Waals surface area contributed by atoms with Crippen molar-refractivity contribution in [3.05, 3.63) is 107 Å². The molecule has 3 fully saturated rings. The summed E-state index contributed by atoms with van der Waals surface area (Å²) >= 11 is 0. The minimum atomic E-state index is -0.366. The number of ether oxygens (including phenoxy) is 1. The van der Waals surface area contributed by atoms with Gasteiger partial charge in [0.25, 0.3) is 5.91 Å². The smallest absolute Gasteiger partial charge is 0.337 e. The van der Waals surface area contributed by atoms with E-state index < -0.39 is 0 Å². The third kappa shape index (κ3) is 7.39. The van der Waals surface area contributed by atoms with Crippen molar-refractivity contribution in [1.29, 1.82) is 0 Å². The molecule has 3 amide bonds. The molecule has 1 saturated carbocycles. The molecule has 8 nitrogen and oxygen atoms in total. The number of carbonyl (C=O) groups is 3. The van der Waals surface area contributed by atoms with E-state index >= 15 is 0 Å². The predicted octanol–water partition coefficient (Wildman–Crippen LogP) is 6.18. The molecule has 0 radical (unpaired) electrons. The molecule has 0 unspecified atom stereocenters. The molecule has 6 rings (SSSR count). The monoisotopic (exact) mass is 608 g/mol. The average Bonchev–Trinajstić information content (AvgIpc) is 3.41. The zero-order chi connectivity index (χ0) is 31.2. The number of piperidine rings is 1. The Labute approximate surface area is 266 Å². The summed E-state index contributed by atoms with van der Waals surface area (Å²) in [6, 6.07) is 26.2. The number of likely N-dealkylation sites (tertiary alicyclic amines) is 1. The molecular formula is C37H44N4O4. The number of hydrogen-bond acceptors (Lipinski definition) is 5. The molecule has 1 aliphatic carbocycles. The Morgan fingerprint density at radius 3 is 2.04 bits per heavy atom. The highest BCUT2D eigenvalue weighted by Crippen LogP contribution is 2.35. The van der Waals surface area contributed by atoms with Crippen LogP contribution in [0.2, 0.25) is 0 Å². The lowest BCUT2D eigenvalue weighted by molar-refractivity contribution is 0.0600. The van der Waals surface area contributed by atoms with Crippen molar-refractivity contribution in [3.63, 3.8) is 0 Å². The number of urea groups is 1. The van der Waals surface area contributed by atoms with Gasteiger partial charge in [0.2, 0.25) is 0 Å². The number of rotatable bonds is 9. The van der Waals surface area contributed by atoms with Crippen molar-refractivity contribution in [1.82, 2.24) is 20.0 Å². The normalized spacial score (nSPS) is 19.9. The summed E-state index contributed by atoms with van der Waals surface area (Å²) in [5.41, 5.74) is 4.57. The maximum Gasteiger partial charge on any atom is 0.337 e. The van der Waals surface area contributed by atoms with E-state index in [9.17, 15) is 14.4 Å². The zero-order valence-electron chi connectivity index (χ0n) is 26.2. The first-order chi connectivity index (χ1) is 22.0. The molecule has 1 N–H and O–H groups in total. The Morgan fingerprint density at radius 1 is 0.778 bits per heavy atom. The van der Waals surface area contributed by atoms with Gasteiger partial charge in [-0.1, -0.05) is 73.9 Å². The molecule has 236 valence electrons. The molecule has 0 bridgehead atoms. The van der Waals surface area contributed by atoms with Gasteiger partial charge in [-0.05, 0) is 66.6 Å². The molecule has 0 aromatic heterocycles. The van der Waals surface area contributed by atoms with Gasteiger partial charge < -0.3 is 19.9 Å². The highest BCUT2D eigenvalue weighted by molar-refractivity contribution is 5.94. The molecule has 3 aromatic rings. The van der Waals surface area contributed by atoms with Crippen LogP contribution < -0.4 is 5.32 Å². The van der Waals surface area contributed by atoms with Crippen molar-refractivity contribution >= 4 is 17.9 Å². The predicted molar refractivity (Wildman–Crippen MR) is 174 cm³/mol. The van der Waals surface area contributed by atoms with Crippen LogP contribution in [0.4, 0.5) is 4.79 Å². The van der Waals surface area contributed by atoms with Gasteiger partial charge in [-0.3, -0.25) is 9.69 Å². The van der Waals surface area contributed by atoms with Crippen molar-refractivity contribution in [2.45, 2.75) is 76.2 Å². The first-order valence-electron chi connectivity index (χ1n) is 16.4. The summed E-state index contributed by atoms with van der Waals surface area (Å²) in [5, 5.41) is 3.21. The number of esters is 1. The van der Waals surface area contributed by atoms with Crippen molar-refractivity contribution in [3.8, 4) is 0 Å². The second-order valence-electron chi connectivity index (χ2n) is 12.7. The van der Waals surface area contributed by atoms with E-state index in [1.54, 1.807) is 12.1 Å². The van der Waals surface area contributed by atoms with Gasteiger partial charge in [-0.15, -0.1) is 0 Å². The van der Waals surface area contributed by atoms with Gasteiger partial charge in [0, 0.05) is 50.4 Å². The maximum atomic E-state index is 13.9. The molecule has 2 heterocycles. The lowest BCUT2D eigenvalue weighted by Crippen LogP contribution is -2.47. The second kappa shape index (κ2) is 14.3. The van der Waals surface area contributed by atoms with Crippen molar-refractivity contribution < 1.29 is 19.1 Å². The highest BCUT2D eigenvalue weighted by Gasteiger charge is 2.42. The van der Waals surface area contributed by atoms with Crippen LogP contribution >= 0.6 is 0 Å². The molecule has 1 atom stereocenters. The largest absolute Gasteiger partial charge is 0.465 e. The van der Waals surface area contributed by atoms with Crippen LogP contribution in [0.25, 0.3) is 0 Å². The molecule has 2 aliphatic heterocycles. The zero-order valence-corrected chi connectivity index (χ0v) is 26.2. The third-order valence-electron chi connectivity index (χ3n) is 9.67. The molecule has 8 heteroatoms. The van der Waals surface area contributed by atoms with Crippen LogP contribution in [-0.4, -0.2) is 71.4 Å². The lowest BCUT2D eigenvalue weighted by atomic mass is 9.95. The summed E-state index contributed by atoms with van der Waals surface area (Å²) in [6.07, 6.45) is 7.67. The Hall–Kier alpha value is -4.17. The quantitative estimate of drug-likeness (QED) is 0.294. The first-order valence-corrected chi connectivity index (χ1v) is 16.4. The SMILES string of the molecule is COC(=O)c1ccc(CN2C[C@@H](c3ccccc3)N(C3CCN(Cc4ccc(C(=O)NC5CCCCC5)cc4)CC3)C2=O)cc1. The van der Waals surface area contributed by atoms with Crippen LogP contribution in [0.15, 0.2) is 78.9 Å². The standard InChI is InChI=1S/C37H44N4O4/c1-45-36(43)31-18-14-28(15-19-31)25-40-26-34(29-8-4-2-5-9-29)41(37(40)44)33-20-22-39(23-21-33)24-27-12-16-30(17-13-27)35(42)38-32-10-6-3-7-11-32/h2,4-5,8-9,12-19,32-34H,3,6-7,10-11,20-26H2,1H3,(H,38,42)/t34-/m0/s1. The minimum Gasteiger partial charge on any atom is -0.465 e. The summed E-state index contributed by atoms with van der Waals surface area (Å²) < 4.78 is 4.82. The Balaban J connectivity index is 1.06. The third-order valence-corrected chi connectivity index (χ3v) is 9.67. The van der Waals surface area contributed by atoms with Crippen LogP contribution in [0.1, 0.15) is 88.4 Å². The Morgan fingerprint density at radius 2 is 1.40 bits per heavy atom. The molecule has 0 spiro atoms. The summed E-state index contributed by atoms with van der Waals surface area (Å²) in [4.78, 5) is 45.0. The number of nitrogens with one attached hydrogen (secondary N) is 1. The highest BCUT2D eigenvalue weighted by atomic mass is 16.5. The van der Waals surface area contributed by atoms with E-state index in [2.05, 4.69) is 39.4 Å². The first kappa shape index (κ1) is 30.8. The molecule has 2 saturated heterocycles. The lowest BCUT2D eigenvalue weighted by Gasteiger charge is -2.39. The molecule has 45 heavy (non-hydrogen) atoms. The van der Waals surface area contributed by atoms with E-state index in [1.165, 1.54) is 31.9 Å². The topological polar surface area (TPSA) is 82.2 Å². The van der Waals surface area contributed by atoms with E-state index in [-0.39, 0.29) is 30.0 Å². The van der Waals surface area contributed by atoms with E-state index in [0.29, 0.717) is 24.7 Å². The Bertz CT molecular complexity index is 1450. The minimum absolute atomic E-state index is 0.00288. The molecule has 3 aliphatic rings. The fourth-order valence-corrected chi connectivity index (χ4v) is 7.13. The van der Waals surface area contributed by atoms with Crippen LogP contribution in [0.5, 0.6) is 0 Å². The summed E-state index contributed by atoms with van der Waals surface area (Å²) in [7, 11) is 1.37. The van der Waals surface area contributed by atoms with E-state index in [0.717, 1.165) is 62.0 Å². The number of benzene rings is 3. The van der Waals surface area contributed by atoms with Gasteiger partial charge in [-0.25, -0.2) is 9.59 Å². The van der Waals surface area contributed by atoms with Crippen LogP contribution in [0, 0.1) is 0 Å². The summed E-state index contributed by atoms with van der Waals surface area (Å²) in [6.45, 7) is 3.78. The van der Waals surface area contributed by atoms with Gasteiger partial charge in [-0.2, -0.15) is 0 Å². The Kier molecular flexibility index (Phi) is 9.79. The van der Waals surface area contributed by atoms with Gasteiger partial charge in [0.15, 0.2) is 0 Å². The summed E-state index contributed by atoms with van der Waals surface area (Å²) in [5.74, 6) is -0.334. The van der Waals surface area contributed by atoms with Crippen molar-refractivity contribution in [2.75, 3.05) is 26.7 Å². The van der Waals surface area contributed by atoms with Crippen LogP contribution in [-0.2, 0) is 17.8 Å². The van der Waals surface area contributed by atoms with E-state index in [4.69, 9.17) is 4.74 Å². The fraction of sp³-hybridized carbons (Fsp3) is 0.432. The fourth-order valence-electron chi connectivity index (χ4n) is 7.13. The van der Waals surface area contributed by atoms with Crippen molar-refractivity contribution in [2.24, 2.45) is 0 Å². The molecular weight excluding hydrogens is 564 g/mol. The van der Waals surface area contributed by atoms with Gasteiger partial charge in [0.05, 0.1) is 18.7 Å². The van der Waals surface area contributed by atoms with Gasteiger partial charge in [0.1, 0.15) is 0 Å². The molecule has 3 aromatic carbocycles. The van der Waals surface area contributed by atoms with Crippen LogP contribution in [0.3, 0.4) is 0 Å². The van der Waals surface area contributed by atoms with E-state index in [1.807, 2.05) is 47.4 Å². The number of nitrogens with zero attached hydrogens (tertiary/aromatic N) is 3. The number of hydrogen-bond donors (Lipinski definition) is 1.